The number of carboxylic acid groups (broad SMARTS) is 1. The fourth-order valence-electron chi connectivity index (χ4n) is 5.41. The number of rotatable bonds is 6. The first kappa shape index (κ1) is 23.2. The van der Waals surface area contributed by atoms with Gasteiger partial charge in [-0.1, -0.05) is 30.3 Å². The number of carboxylic acids is 1. The maximum absolute atomic E-state index is 13.5. The minimum absolute atomic E-state index is 0.227. The maximum Gasteiger partial charge on any atom is 0.326 e. The Labute approximate surface area is 193 Å². The van der Waals surface area contributed by atoms with Crippen molar-refractivity contribution in [3.8, 4) is 0 Å². The molecule has 0 aromatic heterocycles. The Bertz CT molecular complexity index is 907. The summed E-state index contributed by atoms with van der Waals surface area (Å²) in [5.41, 5.74) is 7.18. The van der Waals surface area contributed by atoms with E-state index in [1.165, 1.54) is 4.90 Å². The number of likely N-dealkylation sites (tertiary alicyclic amines) is 3. The van der Waals surface area contributed by atoms with Crippen LogP contribution >= 0.6 is 0 Å². The van der Waals surface area contributed by atoms with Crippen LogP contribution in [0.25, 0.3) is 0 Å². The Hall–Kier alpha value is -2.94. The zero-order valence-corrected chi connectivity index (χ0v) is 18.8. The van der Waals surface area contributed by atoms with Crippen molar-refractivity contribution in [1.29, 1.82) is 0 Å². The molecule has 0 saturated carbocycles. The van der Waals surface area contributed by atoms with Crippen LogP contribution in [-0.4, -0.2) is 87.3 Å². The minimum atomic E-state index is -1.00. The smallest absolute Gasteiger partial charge is 0.326 e. The Kier molecular flexibility index (Phi) is 6.97. The molecule has 3 aliphatic rings. The van der Waals surface area contributed by atoms with Crippen LogP contribution in [0.15, 0.2) is 30.3 Å². The summed E-state index contributed by atoms with van der Waals surface area (Å²) in [6.45, 7) is 1.31. The molecule has 3 fully saturated rings. The average Bonchev–Trinajstić information content (AvgIpc) is 3.58. The second-order valence-corrected chi connectivity index (χ2v) is 9.20. The van der Waals surface area contributed by atoms with Crippen molar-refractivity contribution < 1.29 is 24.3 Å². The van der Waals surface area contributed by atoms with Crippen LogP contribution in [0, 0.1) is 0 Å². The SMILES string of the molecule is NC(Cc1ccccc1)C(=O)N1CCCC1C(=O)N1CCCC1C(=O)N1CCCC1C(=O)O. The number of hydrogen-bond acceptors (Lipinski definition) is 5. The van der Waals surface area contributed by atoms with E-state index in [1.807, 2.05) is 30.3 Å². The van der Waals surface area contributed by atoms with Crippen molar-refractivity contribution in [1.82, 2.24) is 14.7 Å². The Morgan fingerprint density at radius 3 is 1.88 bits per heavy atom. The van der Waals surface area contributed by atoms with Gasteiger partial charge in [0.1, 0.15) is 18.1 Å². The van der Waals surface area contributed by atoms with Gasteiger partial charge >= 0.3 is 5.97 Å². The van der Waals surface area contributed by atoms with E-state index in [1.54, 1.807) is 9.80 Å². The molecular formula is C24H32N4O5. The predicted molar refractivity (Wildman–Crippen MR) is 120 cm³/mol. The topological polar surface area (TPSA) is 124 Å². The fourth-order valence-corrected chi connectivity index (χ4v) is 5.41. The number of amides is 3. The summed E-state index contributed by atoms with van der Waals surface area (Å²) in [4.78, 5) is 55.9. The minimum Gasteiger partial charge on any atom is -0.480 e. The van der Waals surface area contributed by atoms with E-state index in [4.69, 9.17) is 5.73 Å². The van der Waals surface area contributed by atoms with E-state index >= 15 is 0 Å². The van der Waals surface area contributed by atoms with E-state index in [-0.39, 0.29) is 17.7 Å². The number of hydrogen-bond donors (Lipinski definition) is 2. The van der Waals surface area contributed by atoms with E-state index in [0.717, 1.165) is 5.56 Å². The first-order chi connectivity index (χ1) is 15.9. The van der Waals surface area contributed by atoms with Crippen molar-refractivity contribution in [2.45, 2.75) is 69.1 Å². The summed E-state index contributed by atoms with van der Waals surface area (Å²) in [5.74, 6) is -1.77. The lowest BCUT2D eigenvalue weighted by molar-refractivity contribution is -0.153. The van der Waals surface area contributed by atoms with Crippen LogP contribution in [0.5, 0.6) is 0 Å². The third-order valence-electron chi connectivity index (χ3n) is 7.08. The molecule has 3 amide bonds. The molecule has 3 heterocycles. The molecule has 3 N–H and O–H groups in total. The molecule has 0 spiro atoms. The van der Waals surface area contributed by atoms with Gasteiger partial charge in [0.2, 0.25) is 17.7 Å². The van der Waals surface area contributed by atoms with Crippen LogP contribution < -0.4 is 5.73 Å². The van der Waals surface area contributed by atoms with Crippen LogP contribution in [0.1, 0.15) is 44.1 Å². The normalized spacial score (nSPS) is 26.0. The molecule has 3 aliphatic heterocycles. The molecule has 33 heavy (non-hydrogen) atoms. The van der Waals surface area contributed by atoms with Gasteiger partial charge in [-0.2, -0.15) is 0 Å². The maximum atomic E-state index is 13.5. The molecular weight excluding hydrogens is 424 g/mol. The summed E-state index contributed by atoms with van der Waals surface area (Å²) < 4.78 is 0. The highest BCUT2D eigenvalue weighted by molar-refractivity contribution is 5.95. The highest BCUT2D eigenvalue weighted by Crippen LogP contribution is 2.28. The highest BCUT2D eigenvalue weighted by atomic mass is 16.4. The van der Waals surface area contributed by atoms with Crippen molar-refractivity contribution in [3.05, 3.63) is 35.9 Å². The zero-order chi connectivity index (χ0) is 23.5. The van der Waals surface area contributed by atoms with E-state index in [2.05, 4.69) is 0 Å². The molecule has 4 rings (SSSR count). The van der Waals surface area contributed by atoms with Crippen LogP contribution in [0.4, 0.5) is 0 Å². The lowest BCUT2D eigenvalue weighted by Gasteiger charge is -2.34. The van der Waals surface area contributed by atoms with Gasteiger partial charge in [0.05, 0.1) is 6.04 Å². The average molecular weight is 457 g/mol. The second kappa shape index (κ2) is 9.91. The third kappa shape index (κ3) is 4.73. The summed E-state index contributed by atoms with van der Waals surface area (Å²) in [6, 6.07) is 6.69. The Balaban J connectivity index is 1.44. The van der Waals surface area contributed by atoms with Crippen LogP contribution in [0.2, 0.25) is 0 Å². The molecule has 9 nitrogen and oxygen atoms in total. The summed E-state index contributed by atoms with van der Waals surface area (Å²) in [5, 5.41) is 9.45. The molecule has 4 unspecified atom stereocenters. The largest absolute Gasteiger partial charge is 0.480 e. The van der Waals surface area contributed by atoms with E-state index < -0.39 is 30.1 Å². The Morgan fingerprint density at radius 2 is 1.30 bits per heavy atom. The number of carbonyl (C=O) groups is 4. The van der Waals surface area contributed by atoms with Crippen LogP contribution in [0.3, 0.4) is 0 Å². The lowest BCUT2D eigenvalue weighted by atomic mass is 10.0. The van der Waals surface area contributed by atoms with Gasteiger partial charge < -0.3 is 25.5 Å². The van der Waals surface area contributed by atoms with Gasteiger partial charge in [-0.05, 0) is 50.5 Å². The Morgan fingerprint density at radius 1 is 0.818 bits per heavy atom. The quantitative estimate of drug-likeness (QED) is 0.647. The van der Waals surface area contributed by atoms with Crippen molar-refractivity contribution >= 4 is 23.7 Å². The van der Waals surface area contributed by atoms with Crippen molar-refractivity contribution in [2.75, 3.05) is 19.6 Å². The molecule has 0 aliphatic carbocycles. The number of benzene rings is 1. The molecule has 1 aromatic rings. The summed E-state index contributed by atoms with van der Waals surface area (Å²) in [7, 11) is 0. The standard InChI is InChI=1S/C24H32N4O5/c25-17(15-16-7-2-1-3-8-16)21(29)26-12-4-9-18(26)22(30)27-13-5-10-19(27)23(31)28-14-6-11-20(28)24(32)33/h1-3,7-8,17-20H,4-6,9-15,25H2,(H,32,33). The van der Waals surface area contributed by atoms with Crippen molar-refractivity contribution in [3.63, 3.8) is 0 Å². The monoisotopic (exact) mass is 456 g/mol. The number of aliphatic carboxylic acids is 1. The van der Waals surface area contributed by atoms with Crippen LogP contribution in [-0.2, 0) is 25.6 Å². The molecule has 178 valence electrons. The van der Waals surface area contributed by atoms with E-state index in [9.17, 15) is 24.3 Å². The molecule has 1 aromatic carbocycles. The van der Waals surface area contributed by atoms with Gasteiger partial charge in [-0.25, -0.2) is 4.79 Å². The fraction of sp³-hybridized carbons (Fsp3) is 0.583. The molecule has 4 atom stereocenters. The van der Waals surface area contributed by atoms with Gasteiger partial charge in [0.25, 0.3) is 0 Å². The highest BCUT2D eigenvalue weighted by Gasteiger charge is 2.45. The molecule has 9 heteroatoms. The van der Waals surface area contributed by atoms with Gasteiger partial charge in [0, 0.05) is 19.6 Å². The lowest BCUT2D eigenvalue weighted by Crippen LogP contribution is -2.56. The molecule has 3 saturated heterocycles. The zero-order valence-electron chi connectivity index (χ0n) is 18.8. The number of nitrogens with zero attached hydrogens (tertiary/aromatic N) is 3. The first-order valence-corrected chi connectivity index (χ1v) is 11.8. The first-order valence-electron chi connectivity index (χ1n) is 11.8. The predicted octanol–water partition coefficient (Wildman–Crippen LogP) is 0.614. The molecule has 0 radical (unpaired) electrons. The third-order valence-corrected chi connectivity index (χ3v) is 7.08. The number of carbonyl (C=O) groups excluding carboxylic acids is 3. The summed E-state index contributed by atoms with van der Waals surface area (Å²) >= 11 is 0. The van der Waals surface area contributed by atoms with Gasteiger partial charge in [-0.15, -0.1) is 0 Å². The van der Waals surface area contributed by atoms with E-state index in [0.29, 0.717) is 64.6 Å². The van der Waals surface area contributed by atoms with Gasteiger partial charge in [0.15, 0.2) is 0 Å². The van der Waals surface area contributed by atoms with Gasteiger partial charge in [-0.3, -0.25) is 14.4 Å². The van der Waals surface area contributed by atoms with Crippen molar-refractivity contribution in [2.24, 2.45) is 5.73 Å². The molecule has 0 bridgehead atoms. The summed E-state index contributed by atoms with van der Waals surface area (Å²) in [6.07, 6.45) is 3.93. The second-order valence-electron chi connectivity index (χ2n) is 9.20. The number of nitrogens with two attached hydrogens (primary N) is 1.